The first-order chi connectivity index (χ1) is 14.9. The van der Waals surface area contributed by atoms with Crippen molar-refractivity contribution in [3.8, 4) is 29.1 Å². The fourth-order valence-corrected chi connectivity index (χ4v) is 3.85. The highest BCUT2D eigenvalue weighted by Crippen LogP contribution is 2.43. The van der Waals surface area contributed by atoms with Crippen LogP contribution in [0.3, 0.4) is 0 Å². The van der Waals surface area contributed by atoms with Crippen molar-refractivity contribution in [2.24, 2.45) is 5.73 Å². The van der Waals surface area contributed by atoms with Crippen molar-refractivity contribution in [2.45, 2.75) is 13.2 Å². The lowest BCUT2D eigenvalue weighted by molar-refractivity contribution is 0.228. The zero-order chi connectivity index (χ0) is 22.3. The second kappa shape index (κ2) is 8.16. The highest BCUT2D eigenvalue weighted by Gasteiger charge is 2.33. The number of rotatable bonds is 4. The molecule has 31 heavy (non-hydrogen) atoms. The zero-order valence-electron chi connectivity index (χ0n) is 16.9. The second-order valence-electron chi connectivity index (χ2n) is 6.78. The molecule has 1 atom stereocenters. The minimum absolute atomic E-state index is 0.288. The maximum Gasteiger partial charge on any atom is 0.226 e. The summed E-state index contributed by atoms with van der Waals surface area (Å²) in [5.41, 5.74) is 9.84. The molecule has 2 N–H and O–H groups in total. The van der Waals surface area contributed by atoms with Crippen LogP contribution in [0.2, 0.25) is 10.0 Å². The van der Waals surface area contributed by atoms with Gasteiger partial charge in [0.1, 0.15) is 6.07 Å². The van der Waals surface area contributed by atoms with Gasteiger partial charge in [-0.15, -0.1) is 0 Å². The Kier molecular flexibility index (Phi) is 5.54. The highest BCUT2D eigenvalue weighted by atomic mass is 35.5. The van der Waals surface area contributed by atoms with Crippen LogP contribution in [0.25, 0.3) is 11.3 Å². The summed E-state index contributed by atoms with van der Waals surface area (Å²) in [4.78, 5) is 0. The van der Waals surface area contributed by atoms with Crippen LogP contribution in [0.15, 0.2) is 42.0 Å². The number of nitrogens with two attached hydrogens (primary N) is 1. The lowest BCUT2D eigenvalue weighted by Crippen LogP contribution is -2.33. The van der Waals surface area contributed by atoms with E-state index in [1.54, 1.807) is 49.2 Å². The van der Waals surface area contributed by atoms with E-state index >= 15 is 0 Å². The van der Waals surface area contributed by atoms with Gasteiger partial charge in [-0.05, 0) is 42.8 Å². The van der Waals surface area contributed by atoms with Crippen LogP contribution in [0.5, 0.6) is 17.4 Å². The van der Waals surface area contributed by atoms with Crippen LogP contribution in [-0.4, -0.2) is 30.2 Å². The largest absolute Gasteiger partial charge is 0.493 e. The first-order valence-corrected chi connectivity index (χ1v) is 9.99. The van der Waals surface area contributed by atoms with Crippen LogP contribution >= 0.6 is 23.2 Å². The summed E-state index contributed by atoms with van der Waals surface area (Å²) < 4.78 is 18.3. The van der Waals surface area contributed by atoms with E-state index < -0.39 is 6.23 Å². The smallest absolute Gasteiger partial charge is 0.226 e. The van der Waals surface area contributed by atoms with Gasteiger partial charge in [0, 0.05) is 5.57 Å². The summed E-state index contributed by atoms with van der Waals surface area (Å²) >= 11 is 12.3. The molecule has 0 saturated carbocycles. The van der Waals surface area contributed by atoms with Gasteiger partial charge in [0.15, 0.2) is 17.7 Å². The van der Waals surface area contributed by atoms with Crippen molar-refractivity contribution in [3.05, 3.63) is 68.8 Å². The average molecular weight is 457 g/mol. The summed E-state index contributed by atoms with van der Waals surface area (Å²) in [7, 11) is 3.11. The van der Waals surface area contributed by atoms with Gasteiger partial charge in [0.2, 0.25) is 5.88 Å². The van der Waals surface area contributed by atoms with Gasteiger partial charge in [0.25, 0.3) is 0 Å². The molecular weight excluding hydrogens is 439 g/mol. The first-order valence-electron chi connectivity index (χ1n) is 9.24. The molecule has 9 heteroatoms. The molecule has 1 unspecified atom stereocenters. The number of ether oxygens (including phenoxy) is 3. The number of nitriles is 1. The molecule has 158 valence electrons. The molecule has 1 aliphatic heterocycles. The maximum atomic E-state index is 9.84. The molecule has 1 aliphatic rings. The quantitative estimate of drug-likeness (QED) is 0.620. The fourth-order valence-electron chi connectivity index (χ4n) is 3.56. The molecule has 0 fully saturated rings. The number of hydrogen-bond donors (Lipinski definition) is 1. The van der Waals surface area contributed by atoms with Gasteiger partial charge >= 0.3 is 0 Å². The molecular formula is C22H18Cl2N4O3. The van der Waals surface area contributed by atoms with E-state index in [4.69, 9.17) is 43.1 Å². The SMILES string of the molecule is COc1ccc(C2=C(C#N)C(N)Oc3c2c(C)nn3-c2ccc(Cl)c(Cl)c2)cc1OC. The minimum Gasteiger partial charge on any atom is -0.493 e. The molecule has 0 saturated heterocycles. The second-order valence-corrected chi connectivity index (χ2v) is 7.60. The molecule has 0 radical (unpaired) electrons. The van der Waals surface area contributed by atoms with Crippen molar-refractivity contribution in [2.75, 3.05) is 14.2 Å². The molecule has 0 aliphatic carbocycles. The molecule has 1 aromatic heterocycles. The predicted molar refractivity (Wildman–Crippen MR) is 118 cm³/mol. The number of halogens is 2. The van der Waals surface area contributed by atoms with Crippen molar-refractivity contribution in [1.29, 1.82) is 5.26 Å². The lowest BCUT2D eigenvalue weighted by Gasteiger charge is -2.25. The number of nitrogens with zero attached hydrogens (tertiary/aromatic N) is 3. The molecule has 0 spiro atoms. The monoisotopic (exact) mass is 456 g/mol. The third-order valence-electron chi connectivity index (χ3n) is 5.00. The Labute approximate surface area is 189 Å². The van der Waals surface area contributed by atoms with Gasteiger partial charge in [-0.25, -0.2) is 4.68 Å². The summed E-state index contributed by atoms with van der Waals surface area (Å²) in [5, 5.41) is 15.3. The molecule has 3 aromatic rings. The van der Waals surface area contributed by atoms with Crippen LogP contribution in [0.1, 0.15) is 16.8 Å². The van der Waals surface area contributed by atoms with E-state index in [-0.39, 0.29) is 5.57 Å². The fraction of sp³-hybridized carbons (Fsp3) is 0.182. The van der Waals surface area contributed by atoms with Crippen molar-refractivity contribution >= 4 is 28.8 Å². The standard InChI is InChI=1S/C22H18Cl2N4O3/c1-11-19-20(12-4-7-17(29-2)18(8-12)30-3)14(10-25)21(26)31-22(19)28(27-11)13-5-6-15(23)16(24)9-13/h4-9,21H,26H2,1-3H3. The Morgan fingerprint density at radius 2 is 1.84 bits per heavy atom. The van der Waals surface area contributed by atoms with Gasteiger partial charge < -0.3 is 14.2 Å². The Morgan fingerprint density at radius 3 is 2.48 bits per heavy atom. The Morgan fingerprint density at radius 1 is 1.10 bits per heavy atom. The van der Waals surface area contributed by atoms with Gasteiger partial charge in [-0.1, -0.05) is 29.3 Å². The molecule has 2 aromatic carbocycles. The molecule has 0 amide bonds. The van der Waals surface area contributed by atoms with Gasteiger partial charge in [-0.2, -0.15) is 10.4 Å². The Balaban J connectivity index is 1.97. The molecule has 4 rings (SSSR count). The van der Waals surface area contributed by atoms with Crippen LogP contribution in [-0.2, 0) is 0 Å². The number of methoxy groups -OCH3 is 2. The normalized spacial score (nSPS) is 15.2. The molecule has 0 bridgehead atoms. The summed E-state index contributed by atoms with van der Waals surface area (Å²) in [5.74, 6) is 1.51. The zero-order valence-corrected chi connectivity index (χ0v) is 18.5. The van der Waals surface area contributed by atoms with Crippen LogP contribution in [0.4, 0.5) is 0 Å². The molecule has 7 nitrogen and oxygen atoms in total. The lowest BCUT2D eigenvalue weighted by atomic mass is 9.91. The summed E-state index contributed by atoms with van der Waals surface area (Å²) in [6.07, 6.45) is -0.974. The van der Waals surface area contributed by atoms with E-state index in [2.05, 4.69) is 11.2 Å². The third kappa shape index (κ3) is 3.49. The number of hydrogen-bond acceptors (Lipinski definition) is 6. The van der Waals surface area contributed by atoms with E-state index in [0.29, 0.717) is 49.9 Å². The third-order valence-corrected chi connectivity index (χ3v) is 5.74. The summed E-state index contributed by atoms with van der Waals surface area (Å²) in [6, 6.07) is 12.7. The van der Waals surface area contributed by atoms with Crippen LogP contribution in [0, 0.1) is 18.3 Å². The minimum atomic E-state index is -0.974. The number of aromatic nitrogens is 2. The van der Waals surface area contributed by atoms with E-state index in [0.717, 1.165) is 5.56 Å². The van der Waals surface area contributed by atoms with Gasteiger partial charge in [-0.3, -0.25) is 5.73 Å². The van der Waals surface area contributed by atoms with Gasteiger partial charge in [0.05, 0.1) is 46.8 Å². The first kappa shape index (κ1) is 21.1. The van der Waals surface area contributed by atoms with E-state index in [9.17, 15) is 5.26 Å². The maximum absolute atomic E-state index is 9.84. The topological polar surface area (TPSA) is 95.3 Å². The number of aryl methyl sites for hydroxylation is 1. The summed E-state index contributed by atoms with van der Waals surface area (Å²) in [6.45, 7) is 1.84. The Hall–Kier alpha value is -3.18. The van der Waals surface area contributed by atoms with Crippen molar-refractivity contribution < 1.29 is 14.2 Å². The Bertz CT molecular complexity index is 1260. The highest BCUT2D eigenvalue weighted by molar-refractivity contribution is 6.42. The molecule has 2 heterocycles. The average Bonchev–Trinajstić information content (AvgIpc) is 3.09. The van der Waals surface area contributed by atoms with Crippen LogP contribution < -0.4 is 19.9 Å². The predicted octanol–water partition coefficient (Wildman–Crippen LogP) is 4.51. The number of fused-ring (bicyclic) bond motifs is 1. The van der Waals surface area contributed by atoms with E-state index in [1.807, 2.05) is 13.0 Å². The number of benzene rings is 2. The van der Waals surface area contributed by atoms with Crippen molar-refractivity contribution in [3.63, 3.8) is 0 Å². The van der Waals surface area contributed by atoms with E-state index in [1.165, 1.54) is 0 Å². The van der Waals surface area contributed by atoms with Crippen molar-refractivity contribution in [1.82, 2.24) is 9.78 Å².